The molecule has 4 aliphatic rings. The van der Waals surface area contributed by atoms with E-state index < -0.39 is 83.9 Å². The van der Waals surface area contributed by atoms with Crippen molar-refractivity contribution in [3.63, 3.8) is 0 Å². The monoisotopic (exact) mass is 914 g/mol. The van der Waals surface area contributed by atoms with Gasteiger partial charge >= 0.3 is 5.97 Å². The van der Waals surface area contributed by atoms with Crippen LogP contribution in [0.15, 0.2) is 47.6 Å². The molecule has 366 valence electrons. The van der Waals surface area contributed by atoms with Gasteiger partial charge in [0.25, 0.3) is 11.7 Å². The molecular weight excluding hydrogens is 835 g/mol. The number of aliphatic hydroxyl groups excluding tert-OH is 2. The summed E-state index contributed by atoms with van der Waals surface area (Å²) in [5.74, 6) is -7.96. The lowest BCUT2D eigenvalue weighted by atomic mass is 9.78. The van der Waals surface area contributed by atoms with Crippen LogP contribution in [0.25, 0.3) is 0 Å². The van der Waals surface area contributed by atoms with E-state index in [-0.39, 0.29) is 54.8 Å². The van der Waals surface area contributed by atoms with Crippen LogP contribution in [-0.2, 0) is 47.7 Å². The summed E-state index contributed by atoms with van der Waals surface area (Å²) in [6, 6.07) is -1.14. The average Bonchev–Trinajstić information content (AvgIpc) is 3.28. The number of nitrogens with zero attached hydrogens (tertiary/aromatic N) is 1. The average molecular weight is 914 g/mol. The molecule has 3 aliphatic heterocycles. The molecule has 0 spiro atoms. The summed E-state index contributed by atoms with van der Waals surface area (Å²) in [7, 11) is 4.52. The lowest BCUT2D eigenvalue weighted by Gasteiger charge is -2.42. The van der Waals surface area contributed by atoms with Crippen LogP contribution in [0.3, 0.4) is 0 Å². The Morgan fingerprint density at radius 1 is 0.846 bits per heavy atom. The van der Waals surface area contributed by atoms with E-state index in [4.69, 9.17) is 23.7 Å². The van der Waals surface area contributed by atoms with Gasteiger partial charge in [-0.05, 0) is 107 Å². The number of cyclic esters (lactones) is 1. The smallest absolute Gasteiger partial charge is 0.329 e. The summed E-state index contributed by atoms with van der Waals surface area (Å²) in [4.78, 5) is 71.8. The summed E-state index contributed by atoms with van der Waals surface area (Å²) in [5.41, 5.74) is 1.27. The number of carbonyl (C=O) groups is 5. The second kappa shape index (κ2) is 25.1. The number of hydrogen-bond acceptors (Lipinski definition) is 13. The first-order valence-electron chi connectivity index (χ1n) is 23.9. The maximum Gasteiger partial charge on any atom is 0.329 e. The van der Waals surface area contributed by atoms with Gasteiger partial charge < -0.3 is 43.9 Å². The number of allylic oxidation sites excluding steroid dienone is 6. The predicted octanol–water partition coefficient (Wildman–Crippen LogP) is 6.18. The highest BCUT2D eigenvalue weighted by Gasteiger charge is 2.53. The van der Waals surface area contributed by atoms with Gasteiger partial charge in [-0.3, -0.25) is 19.2 Å². The molecule has 0 radical (unpaired) electrons. The predicted molar refractivity (Wildman–Crippen MR) is 245 cm³/mol. The van der Waals surface area contributed by atoms with Crippen LogP contribution in [0.1, 0.15) is 126 Å². The van der Waals surface area contributed by atoms with Crippen molar-refractivity contribution in [3.05, 3.63) is 47.6 Å². The molecule has 14 nitrogen and oxygen atoms in total. The van der Waals surface area contributed by atoms with Crippen LogP contribution in [-0.4, -0.2) is 132 Å². The number of aliphatic hydroxyl groups is 3. The van der Waals surface area contributed by atoms with Gasteiger partial charge in [0.15, 0.2) is 5.78 Å². The molecule has 5 unspecified atom stereocenters. The summed E-state index contributed by atoms with van der Waals surface area (Å²) in [6.07, 6.45) is 11.2. The molecular formula is C51H79NO13. The van der Waals surface area contributed by atoms with Gasteiger partial charge in [0.2, 0.25) is 5.79 Å². The first-order chi connectivity index (χ1) is 30.7. The van der Waals surface area contributed by atoms with Gasteiger partial charge in [0.1, 0.15) is 30.1 Å². The van der Waals surface area contributed by atoms with E-state index >= 15 is 0 Å². The van der Waals surface area contributed by atoms with Gasteiger partial charge in [-0.2, -0.15) is 0 Å². The third-order valence-corrected chi connectivity index (χ3v) is 14.5. The second-order valence-corrected chi connectivity index (χ2v) is 19.6. The molecule has 14 heteroatoms. The minimum Gasteiger partial charge on any atom is -0.460 e. The molecule has 0 aromatic carbocycles. The SMILES string of the molecule is COC1C(=O)[C@H](C)C[C@H](C)/C=C/C=C/C=C(\C)[C@@H](OC)C[C@@H]2CC[C@@H](C)[C@@](O)(O2)C(=O)C(=O)N2CCCCC2C(=O)O[C@H]([C@H](C)C[C@@H]2CC[C@@H](O)C(OC)C2)CC(=O)C(C)/C=C(\C)C1O. The molecule has 1 saturated carbocycles. The number of amides is 1. The van der Waals surface area contributed by atoms with Crippen LogP contribution in [0.5, 0.6) is 0 Å². The lowest BCUT2D eigenvalue weighted by Crippen LogP contribution is -2.61. The number of esters is 1. The molecule has 3 N–H and O–H groups in total. The molecule has 3 fully saturated rings. The van der Waals surface area contributed by atoms with Gasteiger partial charge in [0, 0.05) is 58.5 Å². The maximum absolute atomic E-state index is 14.4. The van der Waals surface area contributed by atoms with Crippen molar-refractivity contribution >= 4 is 29.2 Å². The topological polar surface area (TPSA) is 195 Å². The summed E-state index contributed by atoms with van der Waals surface area (Å²) < 4.78 is 29.4. The molecule has 3 heterocycles. The fourth-order valence-electron chi connectivity index (χ4n) is 10.1. The first-order valence-corrected chi connectivity index (χ1v) is 23.9. The first kappa shape index (κ1) is 54.2. The number of ketones is 3. The van der Waals surface area contributed by atoms with E-state index in [0.717, 1.165) is 12.0 Å². The molecule has 2 bridgehead atoms. The third kappa shape index (κ3) is 14.3. The zero-order chi connectivity index (χ0) is 48.2. The van der Waals surface area contributed by atoms with Crippen LogP contribution in [0.4, 0.5) is 0 Å². The minimum absolute atomic E-state index is 0.0193. The Morgan fingerprint density at radius 3 is 2.25 bits per heavy atom. The van der Waals surface area contributed by atoms with Crippen LogP contribution < -0.4 is 0 Å². The van der Waals surface area contributed by atoms with Gasteiger partial charge in [-0.1, -0.05) is 71.1 Å². The summed E-state index contributed by atoms with van der Waals surface area (Å²) in [6.45, 7) is 12.7. The molecule has 1 amide bonds. The molecule has 4 rings (SSSR count). The van der Waals surface area contributed by atoms with E-state index in [1.54, 1.807) is 41.1 Å². The Morgan fingerprint density at radius 2 is 1.57 bits per heavy atom. The highest BCUT2D eigenvalue weighted by atomic mass is 16.6. The Labute approximate surface area is 387 Å². The largest absolute Gasteiger partial charge is 0.460 e. The zero-order valence-corrected chi connectivity index (χ0v) is 40.6. The number of fused-ring (bicyclic) bond motifs is 3. The van der Waals surface area contributed by atoms with Gasteiger partial charge in [-0.15, -0.1) is 0 Å². The van der Waals surface area contributed by atoms with Crippen molar-refractivity contribution < 1.29 is 63.0 Å². The van der Waals surface area contributed by atoms with Crippen molar-refractivity contribution in [2.45, 2.75) is 180 Å². The zero-order valence-electron chi connectivity index (χ0n) is 40.6. The fraction of sp³-hybridized carbons (Fsp3) is 0.745. The van der Waals surface area contributed by atoms with E-state index in [1.165, 1.54) is 12.0 Å². The van der Waals surface area contributed by atoms with Crippen molar-refractivity contribution in [2.24, 2.45) is 35.5 Å². The van der Waals surface area contributed by atoms with Gasteiger partial charge in [-0.25, -0.2) is 4.79 Å². The number of ether oxygens (including phenoxy) is 5. The normalized spacial score (nSPS) is 40.4. The minimum atomic E-state index is -2.43. The molecule has 2 saturated heterocycles. The van der Waals surface area contributed by atoms with Gasteiger partial charge in [0.05, 0.1) is 24.4 Å². The quantitative estimate of drug-likeness (QED) is 0.156. The van der Waals surface area contributed by atoms with Crippen molar-refractivity contribution in [1.29, 1.82) is 0 Å². The van der Waals surface area contributed by atoms with Crippen LogP contribution in [0.2, 0.25) is 0 Å². The molecule has 15 atom stereocenters. The number of piperidine rings is 1. The molecule has 0 aromatic heterocycles. The maximum atomic E-state index is 14.4. The Hall–Kier alpha value is -3.37. The number of carbonyl (C=O) groups excluding carboxylic acids is 5. The van der Waals surface area contributed by atoms with Crippen molar-refractivity contribution in [3.8, 4) is 0 Å². The van der Waals surface area contributed by atoms with E-state index in [0.29, 0.717) is 63.4 Å². The number of methoxy groups -OCH3 is 3. The Kier molecular flexibility index (Phi) is 21.0. The van der Waals surface area contributed by atoms with E-state index in [9.17, 15) is 39.3 Å². The Bertz CT molecular complexity index is 1760. The second-order valence-electron chi connectivity index (χ2n) is 19.6. The number of hydrogen-bond donors (Lipinski definition) is 3. The highest BCUT2D eigenvalue weighted by molar-refractivity contribution is 6.39. The highest BCUT2D eigenvalue weighted by Crippen LogP contribution is 2.38. The number of rotatable bonds is 6. The number of Topliss-reactive ketones (excluding diaryl/α,β-unsaturated/α-hetero) is 3. The summed E-state index contributed by atoms with van der Waals surface area (Å²) in [5, 5.41) is 33.8. The van der Waals surface area contributed by atoms with Crippen molar-refractivity contribution in [1.82, 2.24) is 4.90 Å². The Balaban J connectivity index is 1.70. The van der Waals surface area contributed by atoms with Crippen molar-refractivity contribution in [2.75, 3.05) is 27.9 Å². The van der Waals surface area contributed by atoms with Crippen LogP contribution in [0, 0.1) is 35.5 Å². The molecule has 1 aliphatic carbocycles. The fourth-order valence-corrected chi connectivity index (χ4v) is 10.1. The van der Waals surface area contributed by atoms with E-state index in [2.05, 4.69) is 0 Å². The summed E-state index contributed by atoms with van der Waals surface area (Å²) >= 11 is 0. The van der Waals surface area contributed by atoms with E-state index in [1.807, 2.05) is 58.1 Å². The van der Waals surface area contributed by atoms with Crippen LogP contribution >= 0.6 is 0 Å². The molecule has 0 aromatic rings. The third-order valence-electron chi connectivity index (χ3n) is 14.5. The standard InChI is InChI=1S/C51H79NO13/c1-30-16-12-11-13-17-31(2)42(61-8)28-38-21-19-36(7)51(60,65-38)48(57)49(58)52-23-15-14-18-39(52)50(59)64-43(33(4)26-37-20-22-40(53)44(27-37)62-9)29-41(54)32(3)25-35(6)46(56)47(63-10)45(55)34(5)24-30/h11-13,16-17,25,30,32-34,36-40,42-44,46-47,53,56,60H,14-15,18-24,26-29H2,1-10H3/b13-11+,16-12+,31-17+,35-25+/t30-,32?,33-,34-,36-,37+,38+,39?,40-,42+,43+,44?,46?,47?,51-/m1/s1. The molecule has 65 heavy (non-hydrogen) atoms. The lowest BCUT2D eigenvalue weighted by molar-refractivity contribution is -0.265.